The third-order valence-electron chi connectivity index (χ3n) is 5.30. The monoisotopic (exact) mass is 427 g/mol. The van der Waals surface area contributed by atoms with Gasteiger partial charge in [-0.1, -0.05) is 35.9 Å². The van der Waals surface area contributed by atoms with E-state index in [2.05, 4.69) is 15.6 Å². The van der Waals surface area contributed by atoms with Crippen molar-refractivity contribution in [2.45, 2.75) is 27.7 Å². The van der Waals surface area contributed by atoms with E-state index in [-0.39, 0.29) is 18.4 Å². The molecule has 2 aromatic carbocycles. The van der Waals surface area contributed by atoms with Gasteiger partial charge in [-0.25, -0.2) is 4.98 Å². The van der Waals surface area contributed by atoms with Gasteiger partial charge in [0.15, 0.2) is 5.76 Å². The number of fused-ring (bicyclic) bond motifs is 1. The lowest BCUT2D eigenvalue weighted by Gasteiger charge is -2.14. The third-order valence-corrected chi connectivity index (χ3v) is 5.30. The molecule has 4 aromatic rings. The van der Waals surface area contributed by atoms with Crippen molar-refractivity contribution in [2.24, 2.45) is 0 Å². The standard InChI is InChI=1S/C26H25N3O3/c1-15-11-16(2)25(17(3)12-15)29-24(30)14-27-26(31)20-13-22(23-10-9-18(4)32-23)28-21-8-6-5-7-19(20)21/h5-13H,14H2,1-4H3,(H,27,31)(H,29,30). The van der Waals surface area contributed by atoms with Crippen molar-refractivity contribution < 1.29 is 14.0 Å². The van der Waals surface area contributed by atoms with E-state index in [9.17, 15) is 9.59 Å². The van der Waals surface area contributed by atoms with Crippen molar-refractivity contribution in [3.63, 3.8) is 0 Å². The zero-order chi connectivity index (χ0) is 22.8. The molecule has 0 fully saturated rings. The van der Waals surface area contributed by atoms with Gasteiger partial charge >= 0.3 is 0 Å². The molecule has 0 unspecified atom stereocenters. The fourth-order valence-electron chi connectivity index (χ4n) is 3.88. The summed E-state index contributed by atoms with van der Waals surface area (Å²) in [4.78, 5) is 30.2. The summed E-state index contributed by atoms with van der Waals surface area (Å²) in [5.74, 6) is 0.721. The van der Waals surface area contributed by atoms with Gasteiger partial charge in [0.05, 0.1) is 17.6 Å². The van der Waals surface area contributed by atoms with Gasteiger partial charge in [-0.05, 0) is 63.1 Å². The predicted molar refractivity (Wildman–Crippen MR) is 126 cm³/mol. The second-order valence-corrected chi connectivity index (χ2v) is 7.99. The van der Waals surface area contributed by atoms with Crippen molar-refractivity contribution in [1.29, 1.82) is 0 Å². The molecule has 0 aliphatic rings. The van der Waals surface area contributed by atoms with Gasteiger partial charge in [-0.3, -0.25) is 9.59 Å². The van der Waals surface area contributed by atoms with Crippen LogP contribution in [0.15, 0.2) is 59.0 Å². The molecular weight excluding hydrogens is 402 g/mol. The number of benzene rings is 2. The molecule has 0 atom stereocenters. The van der Waals surface area contributed by atoms with Gasteiger partial charge in [0.1, 0.15) is 11.5 Å². The zero-order valence-electron chi connectivity index (χ0n) is 18.6. The smallest absolute Gasteiger partial charge is 0.252 e. The average molecular weight is 428 g/mol. The SMILES string of the molecule is Cc1cc(C)c(NC(=O)CNC(=O)c2cc(-c3ccc(C)o3)nc3ccccc23)c(C)c1. The molecule has 2 aromatic heterocycles. The Kier molecular flexibility index (Phi) is 5.77. The number of aryl methyl sites for hydroxylation is 4. The minimum Gasteiger partial charge on any atom is -0.460 e. The van der Waals surface area contributed by atoms with Crippen LogP contribution in [0.2, 0.25) is 0 Å². The molecule has 0 radical (unpaired) electrons. The number of anilines is 1. The minimum atomic E-state index is -0.347. The van der Waals surface area contributed by atoms with Crippen LogP contribution in [-0.2, 0) is 4.79 Å². The van der Waals surface area contributed by atoms with Crippen LogP contribution >= 0.6 is 0 Å². The first-order valence-electron chi connectivity index (χ1n) is 10.4. The van der Waals surface area contributed by atoms with Crippen molar-refractivity contribution in [1.82, 2.24) is 10.3 Å². The van der Waals surface area contributed by atoms with Crippen molar-refractivity contribution in [3.05, 3.63) is 82.6 Å². The number of hydrogen-bond acceptors (Lipinski definition) is 4. The first-order valence-corrected chi connectivity index (χ1v) is 10.4. The normalized spacial score (nSPS) is 10.9. The quantitative estimate of drug-likeness (QED) is 0.464. The highest BCUT2D eigenvalue weighted by atomic mass is 16.3. The van der Waals surface area contributed by atoms with Crippen LogP contribution in [0, 0.1) is 27.7 Å². The number of carbonyl (C=O) groups excluding carboxylic acids is 2. The van der Waals surface area contributed by atoms with Crippen LogP contribution in [0.3, 0.4) is 0 Å². The maximum Gasteiger partial charge on any atom is 0.252 e. The van der Waals surface area contributed by atoms with Crippen LogP contribution in [0.5, 0.6) is 0 Å². The number of pyridine rings is 1. The molecule has 0 spiro atoms. The Bertz CT molecular complexity index is 1310. The van der Waals surface area contributed by atoms with Crippen LogP contribution < -0.4 is 10.6 Å². The van der Waals surface area contributed by atoms with Crippen molar-refractivity contribution in [2.75, 3.05) is 11.9 Å². The Labute approximate surface area is 186 Å². The lowest BCUT2D eigenvalue weighted by Crippen LogP contribution is -2.33. The molecule has 0 bridgehead atoms. The van der Waals surface area contributed by atoms with E-state index in [1.807, 2.05) is 76.2 Å². The zero-order valence-corrected chi connectivity index (χ0v) is 18.6. The maximum atomic E-state index is 13.0. The second-order valence-electron chi connectivity index (χ2n) is 7.99. The van der Waals surface area contributed by atoms with Gasteiger partial charge in [-0.15, -0.1) is 0 Å². The summed E-state index contributed by atoms with van der Waals surface area (Å²) in [6.07, 6.45) is 0. The van der Waals surface area contributed by atoms with Gasteiger partial charge in [0.2, 0.25) is 5.91 Å². The summed E-state index contributed by atoms with van der Waals surface area (Å²) in [6.45, 7) is 7.64. The van der Waals surface area contributed by atoms with Crippen LogP contribution in [0.25, 0.3) is 22.4 Å². The lowest BCUT2D eigenvalue weighted by molar-refractivity contribution is -0.115. The molecule has 6 heteroatoms. The molecule has 32 heavy (non-hydrogen) atoms. The Morgan fingerprint density at radius 3 is 2.34 bits per heavy atom. The number of amides is 2. The molecule has 2 N–H and O–H groups in total. The van der Waals surface area contributed by atoms with Gasteiger partial charge in [0.25, 0.3) is 5.91 Å². The summed E-state index contributed by atoms with van der Waals surface area (Å²) >= 11 is 0. The van der Waals surface area contributed by atoms with E-state index in [0.29, 0.717) is 27.9 Å². The fourth-order valence-corrected chi connectivity index (χ4v) is 3.88. The first kappa shape index (κ1) is 21.3. The Hall–Kier alpha value is -3.93. The number of para-hydroxylation sites is 1. The Morgan fingerprint density at radius 1 is 0.938 bits per heavy atom. The van der Waals surface area contributed by atoms with E-state index in [1.165, 1.54) is 0 Å². The lowest BCUT2D eigenvalue weighted by atomic mass is 10.1. The van der Waals surface area contributed by atoms with E-state index < -0.39 is 0 Å². The van der Waals surface area contributed by atoms with Crippen molar-refractivity contribution >= 4 is 28.4 Å². The van der Waals surface area contributed by atoms with E-state index in [1.54, 1.807) is 6.07 Å². The number of rotatable bonds is 5. The summed E-state index contributed by atoms with van der Waals surface area (Å²) < 4.78 is 5.69. The largest absolute Gasteiger partial charge is 0.460 e. The number of furan rings is 1. The van der Waals surface area contributed by atoms with Crippen LogP contribution in [-0.4, -0.2) is 23.3 Å². The van der Waals surface area contributed by atoms with E-state index >= 15 is 0 Å². The second kappa shape index (κ2) is 8.67. The summed E-state index contributed by atoms with van der Waals surface area (Å²) in [5.41, 5.74) is 5.58. The van der Waals surface area contributed by atoms with Gasteiger partial charge in [-0.2, -0.15) is 0 Å². The van der Waals surface area contributed by atoms with E-state index in [4.69, 9.17) is 4.42 Å². The Morgan fingerprint density at radius 2 is 1.66 bits per heavy atom. The molecule has 4 rings (SSSR count). The summed E-state index contributed by atoms with van der Waals surface area (Å²) in [5, 5.41) is 6.36. The van der Waals surface area contributed by atoms with Crippen LogP contribution in [0.1, 0.15) is 32.8 Å². The molecular formula is C26H25N3O3. The molecule has 2 amide bonds. The minimum absolute atomic E-state index is 0.141. The van der Waals surface area contributed by atoms with Crippen LogP contribution in [0.4, 0.5) is 5.69 Å². The molecule has 2 heterocycles. The molecule has 0 saturated carbocycles. The van der Waals surface area contributed by atoms with E-state index in [0.717, 1.165) is 28.1 Å². The summed E-state index contributed by atoms with van der Waals surface area (Å²) in [7, 11) is 0. The molecule has 0 aliphatic carbocycles. The summed E-state index contributed by atoms with van der Waals surface area (Å²) in [6, 6.07) is 16.8. The molecule has 162 valence electrons. The topological polar surface area (TPSA) is 84.2 Å². The number of nitrogens with zero attached hydrogens (tertiary/aromatic N) is 1. The third kappa shape index (κ3) is 4.39. The highest BCUT2D eigenvalue weighted by molar-refractivity contribution is 6.08. The molecule has 6 nitrogen and oxygen atoms in total. The highest BCUT2D eigenvalue weighted by Gasteiger charge is 2.17. The average Bonchev–Trinajstić information content (AvgIpc) is 3.20. The maximum absolute atomic E-state index is 13.0. The molecule has 0 saturated heterocycles. The highest BCUT2D eigenvalue weighted by Crippen LogP contribution is 2.26. The predicted octanol–water partition coefficient (Wildman–Crippen LogP) is 5.10. The van der Waals surface area contributed by atoms with Crippen molar-refractivity contribution in [3.8, 4) is 11.5 Å². The van der Waals surface area contributed by atoms with Gasteiger partial charge < -0.3 is 15.1 Å². The first-order chi connectivity index (χ1) is 15.3. The Balaban J connectivity index is 1.55. The fraction of sp³-hybridized carbons (Fsp3) is 0.192. The number of nitrogens with one attached hydrogen (secondary N) is 2. The molecule has 0 aliphatic heterocycles. The van der Waals surface area contributed by atoms with Gasteiger partial charge in [0, 0.05) is 11.1 Å². The number of aromatic nitrogens is 1. The number of carbonyl (C=O) groups is 2. The number of hydrogen-bond donors (Lipinski definition) is 2.